The topological polar surface area (TPSA) is 79.4 Å². The number of alkyl halides is 2. The van der Waals surface area contributed by atoms with Crippen molar-refractivity contribution in [3.8, 4) is 5.75 Å². The minimum Gasteiger partial charge on any atom is -0.435 e. The summed E-state index contributed by atoms with van der Waals surface area (Å²) < 4.78 is 63.2. The van der Waals surface area contributed by atoms with E-state index >= 15 is 0 Å². The van der Waals surface area contributed by atoms with Crippen molar-refractivity contribution in [3.05, 3.63) is 54.1 Å². The Kier molecular flexibility index (Phi) is 8.95. The molecule has 0 saturated carbocycles. The second-order valence-corrected chi connectivity index (χ2v) is 9.89. The molecular weight excluding hydrogens is 468 g/mol. The average molecular weight is 498 g/mol. The quantitative estimate of drug-likeness (QED) is 0.611. The predicted octanol–water partition coefficient (Wildman–Crippen LogP) is 2.79. The minimum atomic E-state index is -4.06. The molecule has 1 heterocycles. The molecule has 34 heavy (non-hydrogen) atoms. The van der Waals surface area contributed by atoms with E-state index in [1.54, 1.807) is 29.2 Å². The van der Waals surface area contributed by atoms with Crippen LogP contribution >= 0.6 is 0 Å². The number of amides is 1. The number of hydrogen-bond donors (Lipinski definition) is 0. The van der Waals surface area contributed by atoms with Crippen LogP contribution in [0.4, 0.5) is 14.5 Å². The highest BCUT2D eigenvalue weighted by atomic mass is 32.2. The number of carbonyl (C=O) groups is 1. The van der Waals surface area contributed by atoms with Crippen LogP contribution in [0.1, 0.15) is 12.0 Å². The number of rotatable bonds is 6. The van der Waals surface area contributed by atoms with Gasteiger partial charge in [0.25, 0.3) is 5.91 Å². The summed E-state index contributed by atoms with van der Waals surface area (Å²) in [5.41, 5.74) is 1.27. The normalized spacial score (nSPS) is 16.7. The summed E-state index contributed by atoms with van der Waals surface area (Å²) >= 11 is 0. The summed E-state index contributed by atoms with van der Waals surface area (Å²) in [5.74, 6) is -0.453. The smallest absolute Gasteiger partial charge is 0.387 e. The summed E-state index contributed by atoms with van der Waals surface area (Å²) in [6.45, 7) is -1.40. The van der Waals surface area contributed by atoms with E-state index in [1.807, 2.05) is 11.9 Å². The maximum atomic E-state index is 13.6. The van der Waals surface area contributed by atoms with Crippen molar-refractivity contribution in [2.45, 2.75) is 24.5 Å². The molecule has 0 saturated heterocycles. The van der Waals surface area contributed by atoms with Gasteiger partial charge in [-0.2, -0.15) is 13.1 Å². The molecule has 3 rings (SSSR count). The number of hydrogen-bond acceptors (Lipinski definition) is 6. The molecule has 1 aliphatic rings. The van der Waals surface area contributed by atoms with E-state index in [2.05, 4.69) is 4.74 Å². The van der Waals surface area contributed by atoms with E-state index in [0.717, 1.165) is 6.07 Å². The van der Waals surface area contributed by atoms with Gasteiger partial charge in [-0.1, -0.05) is 24.3 Å². The van der Waals surface area contributed by atoms with Crippen molar-refractivity contribution in [2.24, 2.45) is 0 Å². The molecule has 0 N–H and O–H groups in total. The van der Waals surface area contributed by atoms with Gasteiger partial charge in [0.15, 0.2) is 0 Å². The van der Waals surface area contributed by atoms with E-state index in [9.17, 15) is 22.0 Å². The number of benzene rings is 2. The third-order valence-electron chi connectivity index (χ3n) is 5.52. The lowest BCUT2D eigenvalue weighted by Gasteiger charge is -2.27. The number of likely N-dealkylation sites (N-methyl/N-ethyl adjacent to an activating group) is 1. The number of nitrogens with zero attached hydrogens (tertiary/aromatic N) is 3. The molecule has 8 nitrogen and oxygen atoms in total. The molecule has 0 radical (unpaired) electrons. The summed E-state index contributed by atoms with van der Waals surface area (Å²) in [6.07, 6.45) is 0.694. The SMILES string of the molecule is COCC(=O)N1CCCN(C)CCN(S(=O)(=O)c2cccc(OC(F)F)c2)Cc2ccccc21. The third-order valence-corrected chi connectivity index (χ3v) is 7.36. The van der Waals surface area contributed by atoms with Crippen LogP contribution < -0.4 is 9.64 Å². The number of para-hydroxylation sites is 1. The maximum absolute atomic E-state index is 13.6. The highest BCUT2D eigenvalue weighted by molar-refractivity contribution is 7.89. The van der Waals surface area contributed by atoms with Crippen molar-refractivity contribution < 1.29 is 31.5 Å². The number of carbonyl (C=O) groups excluding carboxylic acids is 1. The van der Waals surface area contributed by atoms with Crippen LogP contribution in [-0.4, -0.2) is 77.1 Å². The van der Waals surface area contributed by atoms with Gasteiger partial charge in [0.1, 0.15) is 12.4 Å². The van der Waals surface area contributed by atoms with Crippen LogP contribution in [0.3, 0.4) is 0 Å². The number of anilines is 1. The van der Waals surface area contributed by atoms with E-state index in [4.69, 9.17) is 4.74 Å². The Morgan fingerprint density at radius 1 is 1.06 bits per heavy atom. The van der Waals surface area contributed by atoms with Gasteiger partial charge in [0.2, 0.25) is 10.0 Å². The van der Waals surface area contributed by atoms with Crippen molar-refractivity contribution in [2.75, 3.05) is 51.8 Å². The number of halogens is 2. The molecule has 0 aliphatic carbocycles. The van der Waals surface area contributed by atoms with Crippen molar-refractivity contribution in [3.63, 3.8) is 0 Å². The highest BCUT2D eigenvalue weighted by Crippen LogP contribution is 2.28. The zero-order valence-electron chi connectivity index (χ0n) is 19.2. The first-order valence-corrected chi connectivity index (χ1v) is 12.3. The van der Waals surface area contributed by atoms with Gasteiger partial charge in [-0.25, -0.2) is 8.42 Å². The summed E-state index contributed by atoms with van der Waals surface area (Å²) in [7, 11) is -0.729. The Bertz CT molecular complexity index is 1080. The number of methoxy groups -OCH3 is 1. The van der Waals surface area contributed by atoms with Crippen molar-refractivity contribution in [1.82, 2.24) is 9.21 Å². The standard InChI is InChI=1S/C23H29F2N3O5S/c1-26-11-6-12-28(22(29)17-32-2)21-10-4-3-7-18(21)16-27(14-13-26)34(30,31)20-9-5-8-19(15-20)33-23(24)25/h3-5,7-10,15,23H,6,11-14,16-17H2,1-2H3. The Balaban J connectivity index is 2.02. The first kappa shape index (κ1) is 26.0. The fourth-order valence-electron chi connectivity index (χ4n) is 3.82. The Morgan fingerprint density at radius 3 is 2.56 bits per heavy atom. The van der Waals surface area contributed by atoms with Gasteiger partial charge in [0.05, 0.1) is 4.90 Å². The molecule has 0 atom stereocenters. The molecule has 0 aromatic heterocycles. The lowest BCUT2D eigenvalue weighted by Crippen LogP contribution is -2.37. The summed E-state index contributed by atoms with van der Waals surface area (Å²) in [6, 6.07) is 12.2. The predicted molar refractivity (Wildman–Crippen MR) is 123 cm³/mol. The molecule has 11 heteroatoms. The van der Waals surface area contributed by atoms with Crippen molar-refractivity contribution in [1.29, 1.82) is 0 Å². The minimum absolute atomic E-state index is 0.00302. The van der Waals surface area contributed by atoms with Crippen LogP contribution in [-0.2, 0) is 26.1 Å². The largest absolute Gasteiger partial charge is 0.435 e. The van der Waals surface area contributed by atoms with Gasteiger partial charge in [-0.3, -0.25) is 4.79 Å². The lowest BCUT2D eigenvalue weighted by molar-refractivity contribution is -0.122. The van der Waals surface area contributed by atoms with E-state index in [-0.39, 0.29) is 36.2 Å². The molecule has 186 valence electrons. The second-order valence-electron chi connectivity index (χ2n) is 7.96. The first-order valence-electron chi connectivity index (χ1n) is 10.8. The van der Waals surface area contributed by atoms with E-state index < -0.39 is 16.6 Å². The van der Waals surface area contributed by atoms with Crippen LogP contribution in [0.5, 0.6) is 5.75 Å². The molecular formula is C23H29F2N3O5S. The highest BCUT2D eigenvalue weighted by Gasteiger charge is 2.28. The molecule has 1 amide bonds. The van der Waals surface area contributed by atoms with E-state index in [1.165, 1.54) is 29.6 Å². The van der Waals surface area contributed by atoms with Crippen LogP contribution in [0.2, 0.25) is 0 Å². The van der Waals surface area contributed by atoms with Gasteiger partial charge in [-0.15, -0.1) is 0 Å². The zero-order valence-corrected chi connectivity index (χ0v) is 20.0. The van der Waals surface area contributed by atoms with Crippen molar-refractivity contribution >= 4 is 21.6 Å². The molecule has 2 aromatic rings. The molecule has 0 bridgehead atoms. The Labute approximate surface area is 198 Å². The first-order chi connectivity index (χ1) is 16.2. The zero-order chi connectivity index (χ0) is 24.7. The molecule has 2 aromatic carbocycles. The molecule has 0 spiro atoms. The Morgan fingerprint density at radius 2 is 1.82 bits per heavy atom. The fraction of sp³-hybridized carbons (Fsp3) is 0.435. The van der Waals surface area contributed by atoms with Crippen LogP contribution in [0.15, 0.2) is 53.4 Å². The maximum Gasteiger partial charge on any atom is 0.387 e. The molecule has 0 unspecified atom stereocenters. The van der Waals surface area contributed by atoms with E-state index in [0.29, 0.717) is 37.3 Å². The number of fused-ring (bicyclic) bond motifs is 1. The van der Waals surface area contributed by atoms with Crippen LogP contribution in [0.25, 0.3) is 0 Å². The third kappa shape index (κ3) is 6.50. The van der Waals surface area contributed by atoms with Gasteiger partial charge in [0, 0.05) is 45.0 Å². The fourth-order valence-corrected chi connectivity index (χ4v) is 5.26. The second kappa shape index (κ2) is 11.7. The average Bonchev–Trinajstić information content (AvgIpc) is 2.82. The number of sulfonamides is 1. The van der Waals surface area contributed by atoms with Gasteiger partial charge in [-0.05, 0) is 43.8 Å². The lowest BCUT2D eigenvalue weighted by atomic mass is 10.1. The Hall–Kier alpha value is -2.60. The number of ether oxygens (including phenoxy) is 2. The summed E-state index contributed by atoms with van der Waals surface area (Å²) in [5, 5.41) is 0. The van der Waals surface area contributed by atoms with Gasteiger partial charge < -0.3 is 19.3 Å². The van der Waals surface area contributed by atoms with Gasteiger partial charge >= 0.3 is 6.61 Å². The monoisotopic (exact) mass is 497 g/mol. The molecule has 1 aliphatic heterocycles. The molecule has 0 fully saturated rings. The summed E-state index contributed by atoms with van der Waals surface area (Å²) in [4.78, 5) is 16.3. The van der Waals surface area contributed by atoms with Crippen LogP contribution in [0, 0.1) is 0 Å².